The monoisotopic (exact) mass is 530 g/mol. The molecule has 1 saturated carbocycles. The Morgan fingerprint density at radius 2 is 2.11 bits per heavy atom. The number of amides is 2. The molecule has 1 atom stereocenters. The number of benzene rings is 1. The van der Waals surface area contributed by atoms with Gasteiger partial charge in [0.25, 0.3) is 0 Å². The van der Waals surface area contributed by atoms with Crippen molar-refractivity contribution in [1.82, 2.24) is 30.2 Å². The van der Waals surface area contributed by atoms with E-state index in [9.17, 15) is 14.7 Å². The Morgan fingerprint density at radius 1 is 1.31 bits per heavy atom. The van der Waals surface area contributed by atoms with Gasteiger partial charge in [-0.1, -0.05) is 18.5 Å². The van der Waals surface area contributed by atoms with Gasteiger partial charge in [-0.15, -0.1) is 11.8 Å². The molecule has 1 aromatic carbocycles. The highest BCUT2D eigenvalue weighted by Crippen LogP contribution is 2.40. The van der Waals surface area contributed by atoms with Crippen LogP contribution in [0.5, 0.6) is 0 Å². The molecule has 3 heterocycles. The molecule has 36 heavy (non-hydrogen) atoms. The number of thioether (sulfide) groups is 1. The highest BCUT2D eigenvalue weighted by molar-refractivity contribution is 7.99. The van der Waals surface area contributed by atoms with Crippen molar-refractivity contribution in [3.05, 3.63) is 35.4 Å². The van der Waals surface area contributed by atoms with Crippen LogP contribution in [0.25, 0.3) is 11.2 Å². The van der Waals surface area contributed by atoms with Crippen LogP contribution in [-0.2, 0) is 11.3 Å². The van der Waals surface area contributed by atoms with E-state index < -0.39 is 11.6 Å². The Bertz CT molecular complexity index is 1330. The van der Waals surface area contributed by atoms with Gasteiger partial charge in [0.2, 0.25) is 5.91 Å². The normalized spacial score (nSPS) is 19.6. The zero-order valence-corrected chi connectivity index (χ0v) is 21.3. The molecule has 0 radical (unpaired) electrons. The lowest BCUT2D eigenvalue weighted by Crippen LogP contribution is -2.60. The summed E-state index contributed by atoms with van der Waals surface area (Å²) in [5.41, 5.74) is 7.70. The number of halogens is 1. The van der Waals surface area contributed by atoms with E-state index in [0.717, 1.165) is 34.7 Å². The van der Waals surface area contributed by atoms with Crippen molar-refractivity contribution in [2.45, 2.75) is 49.2 Å². The molecule has 0 bridgehead atoms. The van der Waals surface area contributed by atoms with E-state index in [1.165, 1.54) is 6.33 Å². The average molecular weight is 531 g/mol. The average Bonchev–Trinajstić information content (AvgIpc) is 3.39. The molecule has 5 rings (SSSR count). The van der Waals surface area contributed by atoms with Gasteiger partial charge in [0, 0.05) is 28.7 Å². The molecule has 2 aliphatic rings. The summed E-state index contributed by atoms with van der Waals surface area (Å²) < 4.78 is 1.89. The minimum atomic E-state index is -1.23. The maximum Gasteiger partial charge on any atom is 0.405 e. The Morgan fingerprint density at radius 3 is 2.83 bits per heavy atom. The van der Waals surface area contributed by atoms with Crippen LogP contribution in [0.4, 0.5) is 16.3 Å². The van der Waals surface area contributed by atoms with Gasteiger partial charge in [-0.05, 0) is 37.1 Å². The fourth-order valence-electron chi connectivity index (χ4n) is 4.64. The maximum absolute atomic E-state index is 13.1. The molecular weight excluding hydrogens is 504 g/mol. The summed E-state index contributed by atoms with van der Waals surface area (Å²) in [6, 6.07) is 3.90. The number of imidazole rings is 1. The minimum Gasteiger partial charge on any atom is -0.465 e. The lowest BCUT2D eigenvalue weighted by Gasteiger charge is -2.30. The number of hydrogen-bond acceptors (Lipinski definition) is 8. The minimum absolute atomic E-state index is 0.126. The van der Waals surface area contributed by atoms with E-state index in [-0.39, 0.29) is 18.5 Å². The molecule has 3 aromatic rings. The molecule has 1 unspecified atom stereocenters. The lowest BCUT2D eigenvalue weighted by atomic mass is 9.97. The number of rotatable bonds is 8. The first-order valence-electron chi connectivity index (χ1n) is 11.7. The van der Waals surface area contributed by atoms with Crippen molar-refractivity contribution in [3.8, 4) is 0 Å². The van der Waals surface area contributed by atoms with Crippen LogP contribution in [0.2, 0.25) is 5.02 Å². The fraction of sp³-hybridized carbons (Fsp3) is 0.435. The summed E-state index contributed by atoms with van der Waals surface area (Å²) in [4.78, 5) is 40.5. The number of carboxylic acid groups (broad SMARTS) is 1. The summed E-state index contributed by atoms with van der Waals surface area (Å²) >= 11 is 8.27. The summed E-state index contributed by atoms with van der Waals surface area (Å²) in [5, 5.41) is 15.7. The number of carbonyl (C=O) groups is 2. The Kier molecular flexibility index (Phi) is 6.56. The van der Waals surface area contributed by atoms with E-state index in [1.54, 1.807) is 18.1 Å². The molecule has 13 heteroatoms. The standard InChI is InChI=1S/C23H27ClN8O3S/c1-2-36-18-14(9-32-12-28-17-19(25)26-11-27-20(17)32)16(6-5-15(18)24)31-8-7-23(10-31,30-22(34)35)21(33)29-13-3-4-13/h5-6,11-13,30H,2-4,7-10H2,1H3,(H,29,33)(H,34,35)(H2,25,26,27). The predicted octanol–water partition coefficient (Wildman–Crippen LogP) is 2.72. The third-order valence-corrected chi connectivity index (χ3v) is 8.01. The lowest BCUT2D eigenvalue weighted by molar-refractivity contribution is -0.126. The molecule has 2 amide bonds. The molecule has 190 valence electrons. The SMILES string of the molecule is CCSc1c(Cl)ccc(N2CCC(NC(=O)O)(C(=O)NC3CC3)C2)c1Cn1cnc2c(N)ncnc21. The molecule has 5 N–H and O–H groups in total. The van der Waals surface area contributed by atoms with Crippen molar-refractivity contribution >= 4 is 58.0 Å². The number of nitrogens with zero attached hydrogens (tertiary/aromatic N) is 5. The smallest absolute Gasteiger partial charge is 0.405 e. The zero-order chi connectivity index (χ0) is 25.4. The van der Waals surface area contributed by atoms with Gasteiger partial charge in [0.1, 0.15) is 17.4 Å². The van der Waals surface area contributed by atoms with Crippen molar-refractivity contribution in [3.63, 3.8) is 0 Å². The Labute approximate surface area is 216 Å². The van der Waals surface area contributed by atoms with Crippen molar-refractivity contribution in [2.24, 2.45) is 0 Å². The van der Waals surface area contributed by atoms with E-state index in [4.69, 9.17) is 17.3 Å². The summed E-state index contributed by atoms with van der Waals surface area (Å²) in [6.07, 6.45) is 4.05. The second-order valence-electron chi connectivity index (χ2n) is 9.04. The van der Waals surface area contributed by atoms with Gasteiger partial charge >= 0.3 is 6.09 Å². The predicted molar refractivity (Wildman–Crippen MR) is 139 cm³/mol. The molecular formula is C23H27ClN8O3S. The topological polar surface area (TPSA) is 151 Å². The summed E-state index contributed by atoms with van der Waals surface area (Å²) in [7, 11) is 0. The van der Waals surface area contributed by atoms with Gasteiger partial charge < -0.3 is 30.9 Å². The molecule has 0 spiro atoms. The molecule has 1 aliphatic heterocycles. The second kappa shape index (κ2) is 9.66. The third kappa shape index (κ3) is 4.62. The Balaban J connectivity index is 1.53. The largest absolute Gasteiger partial charge is 0.465 e. The van der Waals surface area contributed by atoms with E-state index in [0.29, 0.717) is 41.5 Å². The number of fused-ring (bicyclic) bond motifs is 1. The highest BCUT2D eigenvalue weighted by atomic mass is 35.5. The van der Waals surface area contributed by atoms with Crippen LogP contribution in [0, 0.1) is 0 Å². The third-order valence-electron chi connectivity index (χ3n) is 6.54. The van der Waals surface area contributed by atoms with Crippen LogP contribution in [0.1, 0.15) is 31.7 Å². The first kappa shape index (κ1) is 24.4. The summed E-state index contributed by atoms with van der Waals surface area (Å²) in [6.45, 7) is 3.18. The van der Waals surface area contributed by atoms with Gasteiger partial charge in [0.15, 0.2) is 11.5 Å². The number of anilines is 2. The zero-order valence-electron chi connectivity index (χ0n) is 19.7. The van der Waals surface area contributed by atoms with Crippen LogP contribution in [0.3, 0.4) is 0 Å². The fourth-order valence-corrected chi connectivity index (χ4v) is 5.82. The molecule has 1 saturated heterocycles. The number of carbonyl (C=O) groups excluding carboxylic acids is 1. The molecule has 11 nitrogen and oxygen atoms in total. The van der Waals surface area contributed by atoms with Gasteiger partial charge in [-0.3, -0.25) is 4.79 Å². The second-order valence-corrected chi connectivity index (χ2v) is 10.7. The molecule has 2 aromatic heterocycles. The summed E-state index contributed by atoms with van der Waals surface area (Å²) in [5.74, 6) is 0.838. The van der Waals surface area contributed by atoms with Crippen LogP contribution < -0.4 is 21.3 Å². The number of nitrogens with two attached hydrogens (primary N) is 1. The number of nitrogens with one attached hydrogen (secondary N) is 2. The number of aromatic nitrogens is 4. The molecule has 1 aliphatic carbocycles. The van der Waals surface area contributed by atoms with Crippen LogP contribution in [0.15, 0.2) is 29.7 Å². The van der Waals surface area contributed by atoms with Crippen molar-refractivity contribution < 1.29 is 14.7 Å². The first-order chi connectivity index (χ1) is 17.3. The van der Waals surface area contributed by atoms with Crippen LogP contribution in [-0.4, -0.2) is 67.0 Å². The molecule has 2 fully saturated rings. The van der Waals surface area contributed by atoms with Crippen molar-refractivity contribution in [2.75, 3.05) is 29.5 Å². The van der Waals surface area contributed by atoms with E-state index >= 15 is 0 Å². The highest BCUT2D eigenvalue weighted by Gasteiger charge is 2.48. The quantitative estimate of drug-likeness (QED) is 0.322. The van der Waals surface area contributed by atoms with Gasteiger partial charge in [0.05, 0.1) is 24.4 Å². The van der Waals surface area contributed by atoms with Crippen LogP contribution >= 0.6 is 23.4 Å². The first-order valence-corrected chi connectivity index (χ1v) is 13.1. The maximum atomic E-state index is 13.1. The Hall–Kier alpha value is -3.25. The number of hydrogen-bond donors (Lipinski definition) is 4. The number of nitrogen functional groups attached to an aromatic ring is 1. The van der Waals surface area contributed by atoms with Crippen molar-refractivity contribution in [1.29, 1.82) is 0 Å². The van der Waals surface area contributed by atoms with E-state index in [2.05, 4.69) is 37.4 Å². The van der Waals surface area contributed by atoms with Gasteiger partial charge in [-0.25, -0.2) is 19.7 Å². The van der Waals surface area contributed by atoms with Gasteiger partial charge in [-0.2, -0.15) is 0 Å². The van der Waals surface area contributed by atoms with E-state index in [1.807, 2.05) is 16.7 Å².